The van der Waals surface area contributed by atoms with Crippen molar-refractivity contribution < 1.29 is 14.4 Å². The monoisotopic (exact) mass is 376 g/mol. The molecule has 3 amide bonds. The second kappa shape index (κ2) is 7.23. The Hall–Kier alpha value is -2.95. The highest BCUT2D eigenvalue weighted by atomic mass is 16.2. The molecule has 0 spiro atoms. The minimum absolute atomic E-state index is 0.141. The van der Waals surface area contributed by atoms with Crippen molar-refractivity contribution in [1.29, 1.82) is 0 Å². The van der Waals surface area contributed by atoms with Gasteiger partial charge in [-0.15, -0.1) is 0 Å². The lowest BCUT2D eigenvalue weighted by Crippen LogP contribution is -2.52. The van der Waals surface area contributed by atoms with Gasteiger partial charge in [-0.1, -0.05) is 50.2 Å². The van der Waals surface area contributed by atoms with Crippen LogP contribution in [0.25, 0.3) is 0 Å². The number of amides is 3. The van der Waals surface area contributed by atoms with Gasteiger partial charge in [0.15, 0.2) is 0 Å². The second-order valence-electron chi connectivity index (χ2n) is 7.95. The van der Waals surface area contributed by atoms with Crippen LogP contribution in [0, 0.1) is 5.92 Å². The van der Waals surface area contributed by atoms with Crippen molar-refractivity contribution >= 4 is 17.7 Å². The van der Waals surface area contributed by atoms with E-state index < -0.39 is 6.04 Å². The zero-order chi connectivity index (χ0) is 19.8. The van der Waals surface area contributed by atoms with Gasteiger partial charge in [0.25, 0.3) is 11.8 Å². The molecule has 5 heteroatoms. The van der Waals surface area contributed by atoms with Crippen molar-refractivity contribution in [3.8, 4) is 0 Å². The topological polar surface area (TPSA) is 57.7 Å². The third-order valence-electron chi connectivity index (χ3n) is 5.56. The van der Waals surface area contributed by atoms with E-state index in [1.54, 1.807) is 29.2 Å². The number of carbonyl (C=O) groups excluding carboxylic acids is 3. The summed E-state index contributed by atoms with van der Waals surface area (Å²) in [5.74, 6) is -0.693. The minimum Gasteiger partial charge on any atom is -0.336 e. The molecule has 0 radical (unpaired) electrons. The van der Waals surface area contributed by atoms with E-state index in [1.165, 1.54) is 10.5 Å². The largest absolute Gasteiger partial charge is 0.336 e. The lowest BCUT2D eigenvalue weighted by Gasteiger charge is -2.35. The molecule has 0 saturated carbocycles. The summed E-state index contributed by atoms with van der Waals surface area (Å²) in [6, 6.07) is 14.1. The van der Waals surface area contributed by atoms with Crippen LogP contribution < -0.4 is 0 Å². The number of carbonyl (C=O) groups is 3. The Morgan fingerprint density at radius 1 is 0.929 bits per heavy atom. The molecule has 2 aromatic carbocycles. The highest BCUT2D eigenvalue weighted by Gasteiger charge is 2.44. The van der Waals surface area contributed by atoms with Gasteiger partial charge in [0.1, 0.15) is 6.04 Å². The van der Waals surface area contributed by atoms with Crippen LogP contribution in [-0.2, 0) is 17.8 Å². The van der Waals surface area contributed by atoms with Gasteiger partial charge in [-0.2, -0.15) is 0 Å². The summed E-state index contributed by atoms with van der Waals surface area (Å²) in [5, 5.41) is 0. The van der Waals surface area contributed by atoms with Crippen molar-refractivity contribution in [2.24, 2.45) is 5.92 Å². The molecular weight excluding hydrogens is 352 g/mol. The van der Waals surface area contributed by atoms with Gasteiger partial charge >= 0.3 is 0 Å². The van der Waals surface area contributed by atoms with Crippen LogP contribution in [-0.4, -0.2) is 40.1 Å². The molecule has 0 N–H and O–H groups in total. The van der Waals surface area contributed by atoms with E-state index in [2.05, 4.69) is 6.07 Å². The fraction of sp³-hybridized carbons (Fsp3) is 0.348. The molecule has 5 nitrogen and oxygen atoms in total. The van der Waals surface area contributed by atoms with E-state index in [-0.39, 0.29) is 23.6 Å². The van der Waals surface area contributed by atoms with Crippen LogP contribution in [0.5, 0.6) is 0 Å². The zero-order valence-corrected chi connectivity index (χ0v) is 16.2. The number of rotatable bonds is 4. The predicted octanol–water partition coefficient (Wildman–Crippen LogP) is 3.28. The SMILES string of the molecule is CC(C)C[C@H](C(=O)N1CCc2ccccc2C1)N1C(=O)c2ccccc2C1=O. The number of fused-ring (bicyclic) bond motifs is 2. The summed E-state index contributed by atoms with van der Waals surface area (Å²) in [6.45, 7) is 5.13. The van der Waals surface area contributed by atoms with Crippen LogP contribution in [0.3, 0.4) is 0 Å². The van der Waals surface area contributed by atoms with Gasteiger partial charge in [0.05, 0.1) is 11.1 Å². The molecule has 4 rings (SSSR count). The molecule has 2 heterocycles. The summed E-state index contributed by atoms with van der Waals surface area (Å²) >= 11 is 0. The van der Waals surface area contributed by atoms with Gasteiger partial charge in [0.2, 0.25) is 5.91 Å². The smallest absolute Gasteiger partial charge is 0.262 e. The molecule has 0 aliphatic carbocycles. The first kappa shape index (κ1) is 18.4. The van der Waals surface area contributed by atoms with Crippen molar-refractivity contribution in [3.63, 3.8) is 0 Å². The molecule has 28 heavy (non-hydrogen) atoms. The Morgan fingerprint density at radius 2 is 1.50 bits per heavy atom. The standard InChI is InChI=1S/C23H24N2O3/c1-15(2)13-20(25-21(26)18-9-5-6-10-19(18)22(25)27)23(28)24-12-11-16-7-3-4-8-17(16)14-24/h3-10,15,20H,11-14H2,1-2H3/t20-/m1/s1. The van der Waals surface area contributed by atoms with Gasteiger partial charge in [0, 0.05) is 13.1 Å². The molecule has 2 aliphatic rings. The highest BCUT2D eigenvalue weighted by molar-refractivity contribution is 6.22. The van der Waals surface area contributed by atoms with E-state index in [1.807, 2.05) is 32.0 Å². The average molecular weight is 376 g/mol. The maximum atomic E-state index is 13.5. The maximum Gasteiger partial charge on any atom is 0.262 e. The van der Waals surface area contributed by atoms with Crippen molar-refractivity contribution in [1.82, 2.24) is 9.80 Å². The van der Waals surface area contributed by atoms with E-state index in [0.717, 1.165) is 12.0 Å². The molecule has 0 aromatic heterocycles. The second-order valence-corrected chi connectivity index (χ2v) is 7.95. The Kier molecular flexibility index (Phi) is 4.75. The minimum atomic E-state index is -0.766. The van der Waals surface area contributed by atoms with Crippen molar-refractivity contribution in [3.05, 3.63) is 70.8 Å². The first-order valence-corrected chi connectivity index (χ1v) is 9.80. The van der Waals surface area contributed by atoms with Crippen LogP contribution in [0.4, 0.5) is 0 Å². The van der Waals surface area contributed by atoms with Crippen molar-refractivity contribution in [2.75, 3.05) is 6.54 Å². The third-order valence-corrected chi connectivity index (χ3v) is 5.56. The van der Waals surface area contributed by atoms with Gasteiger partial charge in [-0.05, 0) is 42.0 Å². The van der Waals surface area contributed by atoms with E-state index in [0.29, 0.717) is 30.6 Å². The molecule has 2 aliphatic heterocycles. The Morgan fingerprint density at radius 3 is 2.11 bits per heavy atom. The van der Waals surface area contributed by atoms with Crippen molar-refractivity contribution in [2.45, 2.75) is 39.3 Å². The maximum absolute atomic E-state index is 13.5. The third kappa shape index (κ3) is 3.11. The molecule has 1 atom stereocenters. The summed E-state index contributed by atoms with van der Waals surface area (Å²) in [7, 11) is 0. The number of imide groups is 1. The normalized spacial score (nSPS) is 17.0. The van der Waals surface area contributed by atoms with Gasteiger partial charge in [-0.3, -0.25) is 19.3 Å². The Balaban J connectivity index is 1.63. The summed E-state index contributed by atoms with van der Waals surface area (Å²) in [6.07, 6.45) is 1.25. The molecule has 0 saturated heterocycles. The summed E-state index contributed by atoms with van der Waals surface area (Å²) in [5.41, 5.74) is 3.16. The first-order chi connectivity index (χ1) is 13.5. The Bertz CT molecular complexity index is 915. The van der Waals surface area contributed by atoms with E-state index >= 15 is 0 Å². The van der Waals surface area contributed by atoms with Gasteiger partial charge in [-0.25, -0.2) is 0 Å². The highest BCUT2D eigenvalue weighted by Crippen LogP contribution is 2.29. The quantitative estimate of drug-likeness (QED) is 0.770. The Labute approximate surface area is 164 Å². The van der Waals surface area contributed by atoms with Crippen LogP contribution >= 0.6 is 0 Å². The molecule has 144 valence electrons. The summed E-state index contributed by atoms with van der Waals surface area (Å²) < 4.78 is 0. The van der Waals surface area contributed by atoms with Crippen LogP contribution in [0.1, 0.15) is 52.1 Å². The molecule has 0 fully saturated rings. The number of benzene rings is 2. The van der Waals surface area contributed by atoms with E-state index in [4.69, 9.17) is 0 Å². The lowest BCUT2D eigenvalue weighted by molar-refractivity contribution is -0.137. The number of nitrogens with zero attached hydrogens (tertiary/aromatic N) is 2. The fourth-order valence-corrected chi connectivity index (χ4v) is 4.15. The van der Waals surface area contributed by atoms with Gasteiger partial charge < -0.3 is 4.90 Å². The first-order valence-electron chi connectivity index (χ1n) is 9.80. The predicted molar refractivity (Wildman–Crippen MR) is 106 cm³/mol. The van der Waals surface area contributed by atoms with Crippen LogP contribution in [0.2, 0.25) is 0 Å². The molecule has 0 bridgehead atoms. The lowest BCUT2D eigenvalue weighted by atomic mass is 9.97. The molecule has 0 unspecified atom stereocenters. The van der Waals surface area contributed by atoms with Crippen LogP contribution in [0.15, 0.2) is 48.5 Å². The molecule has 2 aromatic rings. The van der Waals surface area contributed by atoms with E-state index in [9.17, 15) is 14.4 Å². The summed E-state index contributed by atoms with van der Waals surface area (Å²) in [4.78, 5) is 42.3. The fourth-order valence-electron chi connectivity index (χ4n) is 4.15. The average Bonchev–Trinajstić information content (AvgIpc) is 2.96. The number of hydrogen-bond donors (Lipinski definition) is 0. The molecular formula is C23H24N2O3. The zero-order valence-electron chi connectivity index (χ0n) is 16.2. The number of hydrogen-bond acceptors (Lipinski definition) is 3.